The Bertz CT molecular complexity index is 297. The second kappa shape index (κ2) is 4.28. The molecule has 1 aliphatic heterocycles. The van der Waals surface area contributed by atoms with Crippen molar-refractivity contribution in [1.82, 2.24) is 10.3 Å². The molecule has 3 N–H and O–H groups in total. The topological polar surface area (TPSA) is 60.2 Å². The van der Waals surface area contributed by atoms with E-state index in [1.165, 1.54) is 12.8 Å². The Hall–Kier alpha value is -1.29. The molecule has 1 aromatic rings. The van der Waals surface area contributed by atoms with Gasteiger partial charge in [-0.05, 0) is 25.5 Å². The molecule has 1 aliphatic rings. The smallest absolute Gasteiger partial charge is 0.126 e. The monoisotopic (exact) mass is 193 g/mol. The lowest BCUT2D eigenvalue weighted by molar-refractivity contribution is 0.277. The minimum absolute atomic E-state index is 0.490. The number of nitrogen functional groups attached to an aromatic ring is 1. The largest absolute Gasteiger partial charge is 0.492 e. The summed E-state index contributed by atoms with van der Waals surface area (Å²) in [6, 6.07) is 4.06. The number of pyridine rings is 1. The van der Waals surface area contributed by atoms with E-state index in [9.17, 15) is 0 Å². The van der Waals surface area contributed by atoms with Crippen LogP contribution in [0.25, 0.3) is 0 Å². The highest BCUT2D eigenvalue weighted by Crippen LogP contribution is 2.13. The molecule has 2 heterocycles. The minimum atomic E-state index is 0.490. The van der Waals surface area contributed by atoms with Crippen molar-refractivity contribution in [3.05, 3.63) is 18.3 Å². The van der Waals surface area contributed by atoms with Crippen molar-refractivity contribution in [3.63, 3.8) is 0 Å². The highest BCUT2D eigenvalue weighted by atomic mass is 16.5. The van der Waals surface area contributed by atoms with Crippen LogP contribution in [0, 0.1) is 0 Å². The van der Waals surface area contributed by atoms with Crippen LogP contribution in [0.5, 0.6) is 5.75 Å². The Morgan fingerprint density at radius 1 is 1.64 bits per heavy atom. The Labute approximate surface area is 83.5 Å². The van der Waals surface area contributed by atoms with Crippen molar-refractivity contribution >= 4 is 5.82 Å². The van der Waals surface area contributed by atoms with Gasteiger partial charge in [-0.25, -0.2) is 4.98 Å². The summed E-state index contributed by atoms with van der Waals surface area (Å²) < 4.78 is 5.59. The fourth-order valence-corrected chi connectivity index (χ4v) is 1.61. The van der Waals surface area contributed by atoms with Gasteiger partial charge in [0.1, 0.15) is 18.2 Å². The first-order valence-electron chi connectivity index (χ1n) is 4.92. The van der Waals surface area contributed by atoms with Crippen LogP contribution in [-0.4, -0.2) is 24.2 Å². The second-order valence-corrected chi connectivity index (χ2v) is 3.52. The Balaban J connectivity index is 1.85. The normalized spacial score (nSPS) is 21.0. The maximum absolute atomic E-state index is 5.59. The van der Waals surface area contributed by atoms with E-state index in [2.05, 4.69) is 10.3 Å². The standard InChI is InChI=1S/C10H15N3O/c11-10-6-9(3-5-13-10)14-7-8-2-1-4-12-8/h3,5-6,8,12H,1-2,4,7H2,(H2,11,13)/t8-/m1/s1. The van der Waals surface area contributed by atoms with Gasteiger partial charge in [0.05, 0.1) is 0 Å². The van der Waals surface area contributed by atoms with Crippen molar-refractivity contribution in [1.29, 1.82) is 0 Å². The van der Waals surface area contributed by atoms with Crippen molar-refractivity contribution in [2.24, 2.45) is 0 Å². The molecule has 0 aliphatic carbocycles. The molecule has 0 radical (unpaired) electrons. The lowest BCUT2D eigenvalue weighted by Crippen LogP contribution is -2.28. The van der Waals surface area contributed by atoms with Crippen LogP contribution >= 0.6 is 0 Å². The molecule has 4 heteroatoms. The van der Waals surface area contributed by atoms with Crippen LogP contribution < -0.4 is 15.8 Å². The zero-order chi connectivity index (χ0) is 9.80. The van der Waals surface area contributed by atoms with E-state index in [4.69, 9.17) is 10.5 Å². The van der Waals surface area contributed by atoms with E-state index in [1.54, 1.807) is 12.3 Å². The molecule has 2 rings (SSSR count). The summed E-state index contributed by atoms with van der Waals surface area (Å²) >= 11 is 0. The van der Waals surface area contributed by atoms with E-state index in [0.717, 1.165) is 12.3 Å². The number of anilines is 1. The molecule has 1 fully saturated rings. The van der Waals surface area contributed by atoms with E-state index >= 15 is 0 Å². The molecule has 0 amide bonds. The lowest BCUT2D eigenvalue weighted by atomic mass is 10.2. The van der Waals surface area contributed by atoms with Gasteiger partial charge in [0.15, 0.2) is 0 Å². The predicted octanol–water partition coefficient (Wildman–Crippen LogP) is 0.795. The minimum Gasteiger partial charge on any atom is -0.492 e. The summed E-state index contributed by atoms with van der Waals surface area (Å²) in [6.45, 7) is 1.82. The number of nitrogens with two attached hydrogens (primary N) is 1. The molecule has 1 atom stereocenters. The molecule has 0 bridgehead atoms. The number of hydrogen-bond acceptors (Lipinski definition) is 4. The molecule has 14 heavy (non-hydrogen) atoms. The first-order chi connectivity index (χ1) is 6.84. The van der Waals surface area contributed by atoms with E-state index in [-0.39, 0.29) is 0 Å². The summed E-state index contributed by atoms with van der Waals surface area (Å²) in [4.78, 5) is 3.90. The lowest BCUT2D eigenvalue weighted by Gasteiger charge is -2.11. The average Bonchev–Trinajstić information content (AvgIpc) is 2.67. The molecule has 0 spiro atoms. The summed E-state index contributed by atoms with van der Waals surface area (Å²) in [7, 11) is 0. The van der Waals surface area contributed by atoms with Crippen LogP contribution in [0.15, 0.2) is 18.3 Å². The summed E-state index contributed by atoms with van der Waals surface area (Å²) in [5.41, 5.74) is 5.54. The number of ether oxygens (including phenoxy) is 1. The molecule has 4 nitrogen and oxygen atoms in total. The zero-order valence-corrected chi connectivity index (χ0v) is 8.07. The van der Waals surface area contributed by atoms with Crippen molar-refractivity contribution in [3.8, 4) is 5.75 Å². The third kappa shape index (κ3) is 2.35. The maximum Gasteiger partial charge on any atom is 0.126 e. The molecule has 0 unspecified atom stereocenters. The molecule has 1 saturated heterocycles. The predicted molar refractivity (Wildman–Crippen MR) is 55.2 cm³/mol. The first kappa shape index (κ1) is 9.27. The highest BCUT2D eigenvalue weighted by molar-refractivity contribution is 5.35. The zero-order valence-electron chi connectivity index (χ0n) is 8.07. The Kier molecular flexibility index (Phi) is 2.84. The van der Waals surface area contributed by atoms with Crippen molar-refractivity contribution in [2.45, 2.75) is 18.9 Å². The van der Waals surface area contributed by atoms with Gasteiger partial charge in [-0.1, -0.05) is 0 Å². The van der Waals surface area contributed by atoms with Crippen molar-refractivity contribution < 1.29 is 4.74 Å². The highest BCUT2D eigenvalue weighted by Gasteiger charge is 2.14. The molecule has 0 aromatic carbocycles. The van der Waals surface area contributed by atoms with Gasteiger partial charge in [0.25, 0.3) is 0 Å². The summed E-state index contributed by atoms with van der Waals surface area (Å²) in [5, 5.41) is 3.37. The number of hydrogen-bond donors (Lipinski definition) is 2. The van der Waals surface area contributed by atoms with Gasteiger partial charge >= 0.3 is 0 Å². The van der Waals surface area contributed by atoms with E-state index in [0.29, 0.717) is 18.5 Å². The van der Waals surface area contributed by atoms with E-state index < -0.39 is 0 Å². The molecule has 0 saturated carbocycles. The van der Waals surface area contributed by atoms with Crippen LogP contribution in [0.3, 0.4) is 0 Å². The maximum atomic E-state index is 5.59. The van der Waals surface area contributed by atoms with Gasteiger partial charge in [-0.2, -0.15) is 0 Å². The fraction of sp³-hybridized carbons (Fsp3) is 0.500. The number of nitrogens with zero attached hydrogens (tertiary/aromatic N) is 1. The van der Waals surface area contributed by atoms with Crippen LogP contribution in [0.4, 0.5) is 5.82 Å². The number of rotatable bonds is 3. The van der Waals surface area contributed by atoms with E-state index in [1.807, 2.05) is 6.07 Å². The van der Waals surface area contributed by atoms with Crippen molar-refractivity contribution in [2.75, 3.05) is 18.9 Å². The van der Waals surface area contributed by atoms with Crippen LogP contribution in [0.1, 0.15) is 12.8 Å². The van der Waals surface area contributed by atoms with Crippen LogP contribution in [0.2, 0.25) is 0 Å². The van der Waals surface area contributed by atoms with Gasteiger partial charge in [-0.3, -0.25) is 0 Å². The third-order valence-corrected chi connectivity index (χ3v) is 2.37. The van der Waals surface area contributed by atoms with Gasteiger partial charge in [0, 0.05) is 18.3 Å². The Morgan fingerprint density at radius 3 is 3.29 bits per heavy atom. The van der Waals surface area contributed by atoms with Gasteiger partial charge in [-0.15, -0.1) is 0 Å². The van der Waals surface area contributed by atoms with Gasteiger partial charge < -0.3 is 15.8 Å². The number of nitrogens with one attached hydrogen (secondary N) is 1. The third-order valence-electron chi connectivity index (χ3n) is 2.37. The van der Waals surface area contributed by atoms with Gasteiger partial charge in [0.2, 0.25) is 0 Å². The summed E-state index contributed by atoms with van der Waals surface area (Å²) in [6.07, 6.45) is 4.10. The molecular weight excluding hydrogens is 178 g/mol. The molecule has 1 aromatic heterocycles. The first-order valence-corrected chi connectivity index (χ1v) is 4.92. The SMILES string of the molecule is Nc1cc(OC[C@H]2CCCN2)ccn1. The molecular formula is C10H15N3O. The number of aromatic nitrogens is 1. The molecule has 76 valence electrons. The average molecular weight is 193 g/mol. The fourth-order valence-electron chi connectivity index (χ4n) is 1.61. The second-order valence-electron chi connectivity index (χ2n) is 3.52. The summed E-state index contributed by atoms with van der Waals surface area (Å²) in [5.74, 6) is 1.30. The Morgan fingerprint density at radius 2 is 2.57 bits per heavy atom. The quantitative estimate of drug-likeness (QED) is 0.745. The van der Waals surface area contributed by atoms with Crippen LogP contribution in [-0.2, 0) is 0 Å².